The van der Waals surface area contributed by atoms with E-state index in [-0.39, 0.29) is 23.7 Å². The average molecular weight is 432 g/mol. The van der Waals surface area contributed by atoms with Crippen LogP contribution in [0.25, 0.3) is 11.1 Å². The first-order chi connectivity index (χ1) is 14.7. The van der Waals surface area contributed by atoms with Gasteiger partial charge in [0, 0.05) is 43.8 Å². The van der Waals surface area contributed by atoms with Crippen LogP contribution in [0.4, 0.5) is 4.39 Å². The van der Waals surface area contributed by atoms with Crippen LogP contribution in [0.3, 0.4) is 0 Å². The Hall–Kier alpha value is -2.97. The summed E-state index contributed by atoms with van der Waals surface area (Å²) in [5.74, 6) is -1.21. The van der Waals surface area contributed by atoms with E-state index in [4.69, 9.17) is 9.90 Å². The zero-order valence-corrected chi connectivity index (χ0v) is 18.1. The predicted molar refractivity (Wildman–Crippen MR) is 118 cm³/mol. The molecule has 2 aromatic rings. The first-order valence-corrected chi connectivity index (χ1v) is 10.1. The Morgan fingerprint density at radius 2 is 1.74 bits per heavy atom. The third-order valence-corrected chi connectivity index (χ3v) is 5.45. The molecule has 0 atom stereocenters. The first-order valence-electron chi connectivity index (χ1n) is 10.1. The summed E-state index contributed by atoms with van der Waals surface area (Å²) >= 11 is 0. The van der Waals surface area contributed by atoms with Crippen molar-refractivity contribution in [1.82, 2.24) is 15.1 Å². The van der Waals surface area contributed by atoms with Crippen molar-refractivity contribution in [1.29, 1.82) is 0 Å². The number of carbonyl (C=O) groups is 2. The van der Waals surface area contributed by atoms with Gasteiger partial charge in [-0.2, -0.15) is 0 Å². The maximum atomic E-state index is 13.6. The van der Waals surface area contributed by atoms with Gasteiger partial charge >= 0.3 is 0 Å². The average Bonchev–Trinajstić information content (AvgIpc) is 2.75. The van der Waals surface area contributed by atoms with Gasteiger partial charge in [-0.3, -0.25) is 14.5 Å². The van der Waals surface area contributed by atoms with Gasteiger partial charge in [-0.1, -0.05) is 18.2 Å². The Labute approximate surface area is 182 Å². The topological polar surface area (TPSA) is 93.1 Å². The van der Waals surface area contributed by atoms with E-state index in [1.807, 2.05) is 6.07 Å². The molecule has 0 unspecified atom stereocenters. The van der Waals surface area contributed by atoms with Crippen molar-refractivity contribution in [3.8, 4) is 16.9 Å². The Kier molecular flexibility index (Phi) is 8.53. The lowest BCUT2D eigenvalue weighted by Gasteiger charge is -2.43. The fraction of sp³-hybridized carbons (Fsp3) is 0.391. The van der Waals surface area contributed by atoms with Crippen LogP contribution >= 0.6 is 0 Å². The lowest BCUT2D eigenvalue weighted by Crippen LogP contribution is -2.57. The Morgan fingerprint density at radius 3 is 2.35 bits per heavy atom. The number of likely N-dealkylation sites (N-methyl/N-ethyl adjacent to an activating group) is 1. The molecule has 8 heteroatoms. The number of halogens is 1. The molecule has 168 valence electrons. The fourth-order valence-electron chi connectivity index (χ4n) is 3.45. The van der Waals surface area contributed by atoms with Gasteiger partial charge in [-0.05, 0) is 56.3 Å². The van der Waals surface area contributed by atoms with E-state index < -0.39 is 5.82 Å². The second kappa shape index (κ2) is 10.9. The summed E-state index contributed by atoms with van der Waals surface area (Å²) in [6, 6.07) is 11.3. The minimum Gasteiger partial charge on any atom is -0.505 e. The molecule has 1 aliphatic heterocycles. The number of hydrogen-bond donors (Lipinski definition) is 3. The summed E-state index contributed by atoms with van der Waals surface area (Å²) < 4.78 is 13.6. The molecule has 0 saturated carbocycles. The van der Waals surface area contributed by atoms with Crippen molar-refractivity contribution in [2.75, 3.05) is 39.8 Å². The highest BCUT2D eigenvalue weighted by atomic mass is 19.1. The van der Waals surface area contributed by atoms with E-state index in [0.717, 1.165) is 31.7 Å². The SMILES string of the molecule is CN1CCN(C(C)(C)CNC(=O)c2cccc(-c3ccc(O)c(F)c3)c2)CC1.O=CO. The molecule has 7 nitrogen and oxygen atoms in total. The summed E-state index contributed by atoms with van der Waals surface area (Å²) in [6.07, 6.45) is 0. The number of aromatic hydroxyl groups is 1. The minimum atomic E-state index is -0.679. The highest BCUT2D eigenvalue weighted by Crippen LogP contribution is 2.25. The van der Waals surface area contributed by atoms with Gasteiger partial charge in [-0.25, -0.2) is 4.39 Å². The van der Waals surface area contributed by atoms with Crippen LogP contribution in [0.5, 0.6) is 5.75 Å². The minimum absolute atomic E-state index is 0.130. The highest BCUT2D eigenvalue weighted by Gasteiger charge is 2.29. The van der Waals surface area contributed by atoms with E-state index in [1.54, 1.807) is 24.3 Å². The normalized spacial score (nSPS) is 15.0. The van der Waals surface area contributed by atoms with E-state index in [0.29, 0.717) is 17.7 Å². The largest absolute Gasteiger partial charge is 0.505 e. The summed E-state index contributed by atoms with van der Waals surface area (Å²) in [5.41, 5.74) is 1.74. The van der Waals surface area contributed by atoms with Crippen molar-refractivity contribution in [3.63, 3.8) is 0 Å². The van der Waals surface area contributed by atoms with Gasteiger partial charge in [0.25, 0.3) is 12.4 Å². The highest BCUT2D eigenvalue weighted by molar-refractivity contribution is 5.95. The van der Waals surface area contributed by atoms with Gasteiger partial charge < -0.3 is 20.4 Å². The van der Waals surface area contributed by atoms with Crippen LogP contribution in [-0.2, 0) is 4.79 Å². The molecule has 1 amide bonds. The van der Waals surface area contributed by atoms with Crippen molar-refractivity contribution >= 4 is 12.4 Å². The molecule has 2 aromatic carbocycles. The number of carbonyl (C=O) groups excluding carboxylic acids is 1. The molecule has 0 aliphatic carbocycles. The van der Waals surface area contributed by atoms with Crippen molar-refractivity contribution in [2.24, 2.45) is 0 Å². The molecule has 0 bridgehead atoms. The molecule has 0 radical (unpaired) electrons. The number of nitrogens with one attached hydrogen (secondary N) is 1. The third-order valence-electron chi connectivity index (χ3n) is 5.45. The monoisotopic (exact) mass is 431 g/mol. The Morgan fingerprint density at radius 1 is 1.13 bits per heavy atom. The fourth-order valence-corrected chi connectivity index (χ4v) is 3.45. The van der Waals surface area contributed by atoms with Gasteiger partial charge in [0.2, 0.25) is 0 Å². The molecule has 0 spiro atoms. The second-order valence-corrected chi connectivity index (χ2v) is 8.14. The van der Waals surface area contributed by atoms with E-state index in [1.165, 1.54) is 12.1 Å². The molecule has 1 saturated heterocycles. The summed E-state index contributed by atoms with van der Waals surface area (Å²) in [5, 5.41) is 19.3. The number of phenolic OH excluding ortho intramolecular Hbond substituents is 1. The molecular formula is C23H30FN3O4. The number of hydrogen-bond acceptors (Lipinski definition) is 5. The van der Waals surface area contributed by atoms with Crippen molar-refractivity contribution < 1.29 is 24.2 Å². The number of benzene rings is 2. The first kappa shape index (κ1) is 24.3. The van der Waals surface area contributed by atoms with Gasteiger partial charge in [-0.15, -0.1) is 0 Å². The summed E-state index contributed by atoms with van der Waals surface area (Å²) in [4.78, 5) is 25.8. The maximum Gasteiger partial charge on any atom is 0.290 e. The van der Waals surface area contributed by atoms with Crippen molar-refractivity contribution in [3.05, 3.63) is 53.8 Å². The van der Waals surface area contributed by atoms with Gasteiger partial charge in [0.05, 0.1) is 0 Å². The van der Waals surface area contributed by atoms with Crippen LogP contribution in [0.15, 0.2) is 42.5 Å². The smallest absolute Gasteiger partial charge is 0.290 e. The Balaban J connectivity index is 0.00000107. The zero-order chi connectivity index (χ0) is 23.0. The number of phenols is 1. The lowest BCUT2D eigenvalue weighted by molar-refractivity contribution is -0.122. The number of rotatable bonds is 5. The van der Waals surface area contributed by atoms with Crippen LogP contribution in [0.2, 0.25) is 0 Å². The van der Waals surface area contributed by atoms with Gasteiger partial charge in [0.15, 0.2) is 11.6 Å². The number of carboxylic acid groups (broad SMARTS) is 1. The standard InChI is InChI=1S/C22H28FN3O2.CH2O2/c1-22(2,26-11-9-25(3)10-12-26)15-24-21(28)18-6-4-5-16(13-18)17-7-8-20(27)19(23)14-17;2-1-3/h4-8,13-14,27H,9-12,15H2,1-3H3,(H,24,28);1H,(H,2,3). The van der Waals surface area contributed by atoms with Crippen LogP contribution in [-0.4, -0.2) is 77.7 Å². The molecule has 1 heterocycles. The number of nitrogens with zero attached hydrogens (tertiary/aromatic N) is 2. The summed E-state index contributed by atoms with van der Waals surface area (Å²) in [7, 11) is 2.12. The molecule has 1 aliphatic rings. The lowest BCUT2D eigenvalue weighted by atomic mass is 10.00. The number of amides is 1. The predicted octanol–water partition coefficient (Wildman–Crippen LogP) is 2.65. The van der Waals surface area contributed by atoms with E-state index >= 15 is 0 Å². The molecule has 3 N–H and O–H groups in total. The van der Waals surface area contributed by atoms with Crippen LogP contribution < -0.4 is 5.32 Å². The van der Waals surface area contributed by atoms with Crippen molar-refractivity contribution in [2.45, 2.75) is 19.4 Å². The molecule has 31 heavy (non-hydrogen) atoms. The third kappa shape index (κ3) is 6.77. The van der Waals surface area contributed by atoms with Gasteiger partial charge in [0.1, 0.15) is 0 Å². The summed E-state index contributed by atoms with van der Waals surface area (Å²) in [6.45, 7) is 8.63. The molecule has 1 fully saturated rings. The molecular weight excluding hydrogens is 401 g/mol. The second-order valence-electron chi connectivity index (χ2n) is 8.14. The number of piperazine rings is 1. The van der Waals surface area contributed by atoms with Crippen LogP contribution in [0.1, 0.15) is 24.2 Å². The quantitative estimate of drug-likeness (QED) is 0.631. The molecule has 0 aromatic heterocycles. The maximum absolute atomic E-state index is 13.6. The Bertz CT molecular complexity index is 896. The molecule has 3 rings (SSSR count). The zero-order valence-electron chi connectivity index (χ0n) is 18.1. The van der Waals surface area contributed by atoms with E-state index in [2.05, 4.69) is 36.0 Å². The van der Waals surface area contributed by atoms with Crippen LogP contribution in [0, 0.1) is 5.82 Å². The van der Waals surface area contributed by atoms with E-state index in [9.17, 15) is 14.3 Å².